The van der Waals surface area contributed by atoms with Gasteiger partial charge in [0.05, 0.1) is 23.4 Å². The van der Waals surface area contributed by atoms with Crippen LogP contribution >= 0.6 is 0 Å². The van der Waals surface area contributed by atoms with Crippen molar-refractivity contribution in [2.75, 3.05) is 12.5 Å². The molecule has 6 heteroatoms. The Morgan fingerprint density at radius 1 is 1.24 bits per heavy atom. The minimum Gasteiger partial charge on any atom is -0.497 e. The van der Waals surface area contributed by atoms with Gasteiger partial charge in [0.2, 0.25) is 0 Å². The van der Waals surface area contributed by atoms with Gasteiger partial charge in [-0.25, -0.2) is 0 Å². The van der Waals surface area contributed by atoms with E-state index in [4.69, 9.17) is 4.74 Å². The Kier molecular flexibility index (Phi) is 4.50. The zero-order chi connectivity index (χ0) is 15.2. The maximum absolute atomic E-state index is 10.7. The van der Waals surface area contributed by atoms with E-state index >= 15 is 0 Å². The number of anilines is 1. The first-order valence-electron chi connectivity index (χ1n) is 6.29. The Balaban J connectivity index is 2.12. The lowest BCUT2D eigenvalue weighted by molar-refractivity contribution is -0.384. The maximum atomic E-state index is 10.7. The predicted octanol–water partition coefficient (Wildman–Crippen LogP) is 3.44. The third-order valence-electron chi connectivity index (χ3n) is 2.92. The number of hydrogen-bond acceptors (Lipinski definition) is 5. The summed E-state index contributed by atoms with van der Waals surface area (Å²) in [6.07, 6.45) is 0. The van der Waals surface area contributed by atoms with Crippen LogP contribution in [0.2, 0.25) is 0 Å². The van der Waals surface area contributed by atoms with Crippen LogP contribution in [-0.4, -0.2) is 17.7 Å². The van der Waals surface area contributed by atoms with Gasteiger partial charge in [-0.15, -0.1) is 0 Å². The number of ether oxygens (including phenoxy) is 1. The van der Waals surface area contributed by atoms with Gasteiger partial charge in [-0.3, -0.25) is 15.5 Å². The quantitative estimate of drug-likeness (QED) is 0.518. The van der Waals surface area contributed by atoms with Crippen LogP contribution in [0, 0.1) is 10.1 Å². The van der Waals surface area contributed by atoms with Crippen molar-refractivity contribution >= 4 is 17.1 Å². The third kappa shape index (κ3) is 3.79. The van der Waals surface area contributed by atoms with Crippen molar-refractivity contribution in [1.29, 1.82) is 0 Å². The zero-order valence-corrected chi connectivity index (χ0v) is 11.7. The summed E-state index contributed by atoms with van der Waals surface area (Å²) in [5.74, 6) is 0.776. The molecular formula is C15H15N3O3. The second kappa shape index (κ2) is 6.51. The smallest absolute Gasteiger partial charge is 0.271 e. The minimum atomic E-state index is -0.439. The lowest BCUT2D eigenvalue weighted by Crippen LogP contribution is -2.00. The van der Waals surface area contributed by atoms with Crippen molar-refractivity contribution in [2.45, 2.75) is 6.92 Å². The maximum Gasteiger partial charge on any atom is 0.271 e. The Bertz CT molecular complexity index is 666. The fourth-order valence-corrected chi connectivity index (χ4v) is 1.73. The molecule has 0 aliphatic heterocycles. The number of nitro benzene ring substituents is 1. The molecular weight excluding hydrogens is 270 g/mol. The number of rotatable bonds is 5. The standard InChI is InChI=1S/C15H15N3O3/c1-11(12-6-8-15(21-2)9-7-12)16-17-13-4-3-5-14(10-13)18(19)20/h3-10,17H,1-2H3. The molecule has 0 fully saturated rings. The number of non-ortho nitro benzene ring substituents is 1. The van der Waals surface area contributed by atoms with Crippen LogP contribution in [0.15, 0.2) is 53.6 Å². The highest BCUT2D eigenvalue weighted by Crippen LogP contribution is 2.17. The molecule has 2 aromatic rings. The monoisotopic (exact) mass is 285 g/mol. The second-order valence-electron chi connectivity index (χ2n) is 4.34. The Hall–Kier alpha value is -2.89. The molecule has 0 amide bonds. The van der Waals surface area contributed by atoms with Crippen molar-refractivity contribution in [3.63, 3.8) is 0 Å². The summed E-state index contributed by atoms with van der Waals surface area (Å²) in [4.78, 5) is 10.3. The number of methoxy groups -OCH3 is 1. The average Bonchev–Trinajstić information content (AvgIpc) is 2.53. The van der Waals surface area contributed by atoms with E-state index in [-0.39, 0.29) is 5.69 Å². The molecule has 2 rings (SSSR count). The second-order valence-corrected chi connectivity index (χ2v) is 4.34. The largest absolute Gasteiger partial charge is 0.497 e. The molecule has 0 atom stereocenters. The van der Waals surface area contributed by atoms with Crippen molar-refractivity contribution in [3.05, 3.63) is 64.2 Å². The number of hydrogen-bond donors (Lipinski definition) is 1. The van der Waals surface area contributed by atoms with Gasteiger partial charge < -0.3 is 4.74 Å². The van der Waals surface area contributed by atoms with E-state index in [2.05, 4.69) is 10.5 Å². The molecule has 0 aliphatic rings. The molecule has 0 unspecified atom stereocenters. The molecule has 0 saturated carbocycles. The van der Waals surface area contributed by atoms with Gasteiger partial charge in [0, 0.05) is 12.1 Å². The van der Waals surface area contributed by atoms with Crippen molar-refractivity contribution in [1.82, 2.24) is 0 Å². The van der Waals surface area contributed by atoms with Crippen LogP contribution in [0.4, 0.5) is 11.4 Å². The van der Waals surface area contributed by atoms with Gasteiger partial charge in [-0.2, -0.15) is 5.10 Å². The van der Waals surface area contributed by atoms with Gasteiger partial charge in [0.15, 0.2) is 0 Å². The van der Waals surface area contributed by atoms with Crippen LogP contribution in [0.1, 0.15) is 12.5 Å². The first-order valence-corrected chi connectivity index (χ1v) is 6.29. The van der Waals surface area contributed by atoms with E-state index < -0.39 is 4.92 Å². The summed E-state index contributed by atoms with van der Waals surface area (Å²) < 4.78 is 5.09. The number of nitrogens with zero attached hydrogens (tertiary/aromatic N) is 2. The summed E-state index contributed by atoms with van der Waals surface area (Å²) in [7, 11) is 1.61. The van der Waals surface area contributed by atoms with Crippen LogP contribution < -0.4 is 10.2 Å². The molecule has 1 N–H and O–H groups in total. The highest BCUT2D eigenvalue weighted by atomic mass is 16.6. The molecule has 0 aromatic heterocycles. The molecule has 6 nitrogen and oxygen atoms in total. The van der Waals surface area contributed by atoms with Gasteiger partial charge in [0.1, 0.15) is 5.75 Å². The summed E-state index contributed by atoms with van der Waals surface area (Å²) in [5, 5.41) is 14.9. The lowest BCUT2D eigenvalue weighted by Gasteiger charge is -2.05. The normalized spacial score (nSPS) is 11.0. The topological polar surface area (TPSA) is 76.8 Å². The van der Waals surface area contributed by atoms with Crippen LogP contribution in [-0.2, 0) is 0 Å². The van der Waals surface area contributed by atoms with E-state index in [1.807, 2.05) is 31.2 Å². The molecule has 21 heavy (non-hydrogen) atoms. The lowest BCUT2D eigenvalue weighted by atomic mass is 10.1. The van der Waals surface area contributed by atoms with Crippen LogP contribution in [0.25, 0.3) is 0 Å². The van der Waals surface area contributed by atoms with E-state index in [9.17, 15) is 10.1 Å². The fourth-order valence-electron chi connectivity index (χ4n) is 1.73. The van der Waals surface area contributed by atoms with Crippen LogP contribution in [0.3, 0.4) is 0 Å². The Morgan fingerprint density at radius 2 is 1.95 bits per heavy atom. The van der Waals surface area contributed by atoms with Gasteiger partial charge in [0.25, 0.3) is 5.69 Å². The summed E-state index contributed by atoms with van der Waals surface area (Å²) in [6.45, 7) is 1.85. The van der Waals surface area contributed by atoms with E-state index in [0.717, 1.165) is 17.0 Å². The summed E-state index contributed by atoms with van der Waals surface area (Å²) in [5.41, 5.74) is 5.12. The first-order chi connectivity index (χ1) is 10.1. The number of nitrogens with one attached hydrogen (secondary N) is 1. The highest BCUT2D eigenvalue weighted by molar-refractivity contribution is 5.99. The molecule has 0 heterocycles. The molecule has 0 aliphatic carbocycles. The summed E-state index contributed by atoms with van der Waals surface area (Å²) >= 11 is 0. The number of benzene rings is 2. The Labute approximate surface area is 122 Å². The Morgan fingerprint density at radius 3 is 2.57 bits per heavy atom. The highest BCUT2D eigenvalue weighted by Gasteiger charge is 2.05. The molecule has 2 aromatic carbocycles. The van der Waals surface area contributed by atoms with Gasteiger partial charge in [-0.1, -0.05) is 6.07 Å². The molecule has 0 radical (unpaired) electrons. The van der Waals surface area contributed by atoms with Crippen LogP contribution in [0.5, 0.6) is 5.75 Å². The molecule has 108 valence electrons. The fraction of sp³-hybridized carbons (Fsp3) is 0.133. The van der Waals surface area contributed by atoms with E-state index in [1.54, 1.807) is 19.2 Å². The molecule has 0 spiro atoms. The number of nitro groups is 1. The van der Waals surface area contributed by atoms with Gasteiger partial charge >= 0.3 is 0 Å². The molecule has 0 bridgehead atoms. The number of hydrazone groups is 1. The van der Waals surface area contributed by atoms with Gasteiger partial charge in [-0.05, 0) is 42.8 Å². The van der Waals surface area contributed by atoms with E-state index in [1.165, 1.54) is 12.1 Å². The van der Waals surface area contributed by atoms with Crippen molar-refractivity contribution in [2.24, 2.45) is 5.10 Å². The minimum absolute atomic E-state index is 0.0253. The predicted molar refractivity (Wildman–Crippen MR) is 81.9 cm³/mol. The zero-order valence-electron chi connectivity index (χ0n) is 11.7. The SMILES string of the molecule is COc1ccc(C(C)=NNc2cccc([N+](=O)[O-])c2)cc1. The van der Waals surface area contributed by atoms with Crippen molar-refractivity contribution in [3.8, 4) is 5.75 Å². The first kappa shape index (κ1) is 14.5. The third-order valence-corrected chi connectivity index (χ3v) is 2.92. The summed E-state index contributed by atoms with van der Waals surface area (Å²) in [6, 6.07) is 13.7. The van der Waals surface area contributed by atoms with E-state index in [0.29, 0.717) is 5.69 Å². The average molecular weight is 285 g/mol. The van der Waals surface area contributed by atoms with Crippen molar-refractivity contribution < 1.29 is 9.66 Å². The molecule has 0 saturated heterocycles.